The summed E-state index contributed by atoms with van der Waals surface area (Å²) in [5.74, 6) is 0.258. The number of fused-ring (bicyclic) bond motifs is 4. The summed E-state index contributed by atoms with van der Waals surface area (Å²) in [7, 11) is 0. The van der Waals surface area contributed by atoms with E-state index in [1.165, 1.54) is 11.1 Å². The lowest BCUT2D eigenvalue weighted by atomic mass is 9.58. The first-order valence-corrected chi connectivity index (χ1v) is 13.4. The SMILES string of the molecule is C=C1C[C@]23C[C@H]1C1(C[C@H]2[C@]2(C)CCC=C(C(=O)OCC)[C@H]2[C@@H]3COCc2ccccc2)OCCO1. The summed E-state index contributed by atoms with van der Waals surface area (Å²) in [5.41, 5.74) is 3.32. The molecule has 6 atom stereocenters. The minimum Gasteiger partial charge on any atom is -0.463 e. The molecule has 5 aliphatic rings. The Labute approximate surface area is 208 Å². The summed E-state index contributed by atoms with van der Waals surface area (Å²) < 4.78 is 24.8. The highest BCUT2D eigenvalue weighted by Gasteiger charge is 2.74. The van der Waals surface area contributed by atoms with Gasteiger partial charge in [-0.15, -0.1) is 0 Å². The zero-order chi connectivity index (χ0) is 24.3. The Morgan fingerprint density at radius 2 is 1.94 bits per heavy atom. The second-order valence-electron chi connectivity index (χ2n) is 11.6. The normalized spacial score (nSPS) is 38.8. The van der Waals surface area contributed by atoms with Crippen LogP contribution in [0.4, 0.5) is 0 Å². The van der Waals surface area contributed by atoms with Crippen LogP contribution in [0.5, 0.6) is 0 Å². The zero-order valence-corrected chi connectivity index (χ0v) is 21.1. The summed E-state index contributed by atoms with van der Waals surface area (Å²) in [6.45, 7) is 11.8. The van der Waals surface area contributed by atoms with E-state index in [0.717, 1.165) is 37.7 Å². The van der Waals surface area contributed by atoms with Crippen molar-refractivity contribution in [1.82, 2.24) is 0 Å². The van der Waals surface area contributed by atoms with Gasteiger partial charge in [-0.3, -0.25) is 0 Å². The topological polar surface area (TPSA) is 54.0 Å². The molecule has 188 valence electrons. The minimum atomic E-state index is -0.541. The van der Waals surface area contributed by atoms with E-state index < -0.39 is 5.79 Å². The Balaban J connectivity index is 1.39. The van der Waals surface area contributed by atoms with Gasteiger partial charge in [0.15, 0.2) is 5.79 Å². The van der Waals surface area contributed by atoms with Crippen LogP contribution in [0.3, 0.4) is 0 Å². The van der Waals surface area contributed by atoms with Crippen molar-refractivity contribution in [2.24, 2.45) is 34.5 Å². The molecule has 2 spiro atoms. The van der Waals surface area contributed by atoms with Crippen LogP contribution >= 0.6 is 0 Å². The molecule has 0 radical (unpaired) electrons. The van der Waals surface area contributed by atoms with Crippen LogP contribution in [-0.4, -0.2) is 38.2 Å². The first-order chi connectivity index (χ1) is 16.9. The number of benzene rings is 1. The van der Waals surface area contributed by atoms with Crippen molar-refractivity contribution in [1.29, 1.82) is 0 Å². The van der Waals surface area contributed by atoms with Crippen molar-refractivity contribution in [3.63, 3.8) is 0 Å². The molecule has 0 amide bonds. The Kier molecular flexibility index (Phi) is 5.74. The lowest BCUT2D eigenvalue weighted by Gasteiger charge is -2.50. The fourth-order valence-electron chi connectivity index (χ4n) is 8.87. The molecular weight excluding hydrogens is 440 g/mol. The standard InChI is InChI=1S/C30H38O5/c1-4-33-27(31)22-11-8-12-28(3)25-17-30(34-13-14-35-30)23-16-29(25,15-20(23)2)24(26(22)28)19-32-18-21-9-6-5-7-10-21/h5-7,9-11,23-26H,2,4,8,12-19H2,1,3H3/t23-,24+,25+,26+,28+,29-/m1/s1. The van der Waals surface area contributed by atoms with Gasteiger partial charge in [0.05, 0.1) is 33.0 Å². The van der Waals surface area contributed by atoms with Crippen LogP contribution in [0.25, 0.3) is 0 Å². The number of carbonyl (C=O) groups excluding carboxylic acids is 1. The molecule has 0 unspecified atom stereocenters. The fraction of sp³-hybridized carbons (Fsp3) is 0.633. The smallest absolute Gasteiger partial charge is 0.333 e. The fourth-order valence-corrected chi connectivity index (χ4v) is 8.87. The molecule has 1 aliphatic heterocycles. The quantitative estimate of drug-likeness (QED) is 0.402. The predicted octanol–water partition coefficient (Wildman–Crippen LogP) is 5.45. The van der Waals surface area contributed by atoms with E-state index in [-0.39, 0.29) is 34.6 Å². The summed E-state index contributed by atoms with van der Waals surface area (Å²) in [4.78, 5) is 13.2. The van der Waals surface area contributed by atoms with Crippen molar-refractivity contribution < 1.29 is 23.7 Å². The van der Waals surface area contributed by atoms with Crippen LogP contribution in [0.15, 0.2) is 54.1 Å². The third kappa shape index (κ3) is 3.42. The van der Waals surface area contributed by atoms with Crippen LogP contribution < -0.4 is 0 Å². The molecule has 4 fully saturated rings. The van der Waals surface area contributed by atoms with E-state index in [9.17, 15) is 4.79 Å². The molecule has 3 saturated carbocycles. The van der Waals surface area contributed by atoms with Crippen molar-refractivity contribution >= 4 is 5.97 Å². The highest BCUT2D eigenvalue weighted by atomic mass is 16.7. The molecular formula is C30H38O5. The lowest BCUT2D eigenvalue weighted by Crippen LogP contribution is -2.50. The van der Waals surface area contributed by atoms with E-state index in [0.29, 0.717) is 39.0 Å². The Hall–Kier alpha value is -1.95. The number of hydrogen-bond acceptors (Lipinski definition) is 5. The summed E-state index contributed by atoms with van der Waals surface area (Å²) in [6, 6.07) is 10.4. The summed E-state index contributed by atoms with van der Waals surface area (Å²) in [5, 5.41) is 0. The lowest BCUT2D eigenvalue weighted by molar-refractivity contribution is -0.229. The molecule has 2 bridgehead atoms. The number of esters is 1. The van der Waals surface area contributed by atoms with Gasteiger partial charge in [-0.25, -0.2) is 4.79 Å². The van der Waals surface area contributed by atoms with Gasteiger partial charge in [0.2, 0.25) is 0 Å². The van der Waals surface area contributed by atoms with Crippen molar-refractivity contribution in [3.8, 4) is 0 Å². The van der Waals surface area contributed by atoms with E-state index in [1.54, 1.807) is 0 Å². The zero-order valence-electron chi connectivity index (χ0n) is 21.1. The molecule has 4 aliphatic carbocycles. The second-order valence-corrected chi connectivity index (χ2v) is 11.6. The monoisotopic (exact) mass is 478 g/mol. The van der Waals surface area contributed by atoms with Gasteiger partial charge in [0, 0.05) is 23.8 Å². The first-order valence-electron chi connectivity index (χ1n) is 13.4. The summed E-state index contributed by atoms with van der Waals surface area (Å²) in [6.07, 6.45) is 6.99. The third-order valence-electron chi connectivity index (χ3n) is 10.1. The van der Waals surface area contributed by atoms with Crippen molar-refractivity contribution in [2.75, 3.05) is 26.4 Å². The van der Waals surface area contributed by atoms with E-state index in [2.05, 4.69) is 43.8 Å². The van der Waals surface area contributed by atoms with Crippen LogP contribution in [0.1, 0.15) is 51.5 Å². The van der Waals surface area contributed by atoms with E-state index >= 15 is 0 Å². The van der Waals surface area contributed by atoms with Crippen molar-refractivity contribution in [2.45, 2.75) is 58.3 Å². The third-order valence-corrected chi connectivity index (χ3v) is 10.1. The Bertz CT molecular complexity index is 1020. The molecule has 1 aromatic rings. The molecule has 0 aromatic heterocycles. The average molecular weight is 479 g/mol. The number of rotatable bonds is 6. The average Bonchev–Trinajstić information content (AvgIpc) is 3.49. The molecule has 0 N–H and O–H groups in total. The minimum absolute atomic E-state index is 0.0322. The number of hydrogen-bond donors (Lipinski definition) is 0. The van der Waals surface area contributed by atoms with Gasteiger partial charge in [-0.1, -0.05) is 55.5 Å². The first kappa shape index (κ1) is 23.4. The van der Waals surface area contributed by atoms with Gasteiger partial charge < -0.3 is 18.9 Å². The van der Waals surface area contributed by atoms with Crippen LogP contribution in [0.2, 0.25) is 0 Å². The molecule has 35 heavy (non-hydrogen) atoms. The van der Waals surface area contributed by atoms with Crippen LogP contribution in [0, 0.1) is 34.5 Å². The summed E-state index contributed by atoms with van der Waals surface area (Å²) >= 11 is 0. The van der Waals surface area contributed by atoms with Gasteiger partial charge in [0.1, 0.15) is 0 Å². The maximum atomic E-state index is 13.2. The predicted molar refractivity (Wildman–Crippen MR) is 132 cm³/mol. The van der Waals surface area contributed by atoms with Gasteiger partial charge in [-0.05, 0) is 60.8 Å². The van der Waals surface area contributed by atoms with Crippen LogP contribution in [-0.2, 0) is 30.3 Å². The van der Waals surface area contributed by atoms with Gasteiger partial charge >= 0.3 is 5.97 Å². The number of ether oxygens (including phenoxy) is 4. The van der Waals surface area contributed by atoms with E-state index in [1.807, 2.05) is 13.0 Å². The molecule has 6 rings (SSSR count). The number of allylic oxidation sites excluding steroid dienone is 1. The highest BCUT2D eigenvalue weighted by Crippen LogP contribution is 2.77. The highest BCUT2D eigenvalue weighted by molar-refractivity contribution is 5.89. The van der Waals surface area contributed by atoms with E-state index in [4.69, 9.17) is 18.9 Å². The Morgan fingerprint density at radius 1 is 1.17 bits per heavy atom. The van der Waals surface area contributed by atoms with Crippen molar-refractivity contribution in [3.05, 3.63) is 59.7 Å². The molecule has 5 nitrogen and oxygen atoms in total. The Morgan fingerprint density at radius 3 is 2.69 bits per heavy atom. The second kappa shape index (κ2) is 8.57. The maximum Gasteiger partial charge on any atom is 0.333 e. The largest absolute Gasteiger partial charge is 0.463 e. The van der Waals surface area contributed by atoms with Gasteiger partial charge in [0.25, 0.3) is 0 Å². The molecule has 1 heterocycles. The molecule has 1 saturated heterocycles. The van der Waals surface area contributed by atoms with Gasteiger partial charge in [-0.2, -0.15) is 0 Å². The molecule has 1 aromatic carbocycles. The molecule has 5 heteroatoms. The number of carbonyl (C=O) groups is 1. The maximum absolute atomic E-state index is 13.2.